The molecule has 0 saturated heterocycles. The summed E-state index contributed by atoms with van der Waals surface area (Å²) in [6, 6.07) is 17.5. The second kappa shape index (κ2) is 9.52. The van der Waals surface area contributed by atoms with Gasteiger partial charge in [0.2, 0.25) is 5.91 Å². The highest BCUT2D eigenvalue weighted by Crippen LogP contribution is 2.33. The van der Waals surface area contributed by atoms with Crippen molar-refractivity contribution >= 4 is 39.2 Å². The summed E-state index contributed by atoms with van der Waals surface area (Å²) >= 11 is 2.76. The lowest BCUT2D eigenvalue weighted by atomic mass is 10.2. The SMILES string of the molecule is CN(Cc1ccc2c(c1)OCCO2)C(=O)CSc1nc2sc(-c3ccccc3)cc2c(=O)n1C. The maximum atomic E-state index is 12.9. The van der Waals surface area contributed by atoms with Crippen LogP contribution >= 0.6 is 23.1 Å². The van der Waals surface area contributed by atoms with E-state index < -0.39 is 0 Å². The highest BCUT2D eigenvalue weighted by Gasteiger charge is 2.17. The van der Waals surface area contributed by atoms with E-state index in [4.69, 9.17) is 9.47 Å². The van der Waals surface area contributed by atoms with Crippen LogP contribution in [0.15, 0.2) is 64.5 Å². The molecule has 0 fully saturated rings. The smallest absolute Gasteiger partial charge is 0.262 e. The topological polar surface area (TPSA) is 73.7 Å². The highest BCUT2D eigenvalue weighted by atomic mass is 32.2. The third-order valence-electron chi connectivity index (χ3n) is 5.57. The summed E-state index contributed by atoms with van der Waals surface area (Å²) in [6.07, 6.45) is 0. The minimum Gasteiger partial charge on any atom is -0.486 e. The lowest BCUT2D eigenvalue weighted by Crippen LogP contribution is -2.28. The van der Waals surface area contributed by atoms with Gasteiger partial charge in [-0.2, -0.15) is 0 Å². The van der Waals surface area contributed by atoms with Gasteiger partial charge in [0.05, 0.1) is 11.1 Å². The number of rotatable bonds is 6. The van der Waals surface area contributed by atoms with E-state index in [2.05, 4.69) is 4.98 Å². The molecule has 0 radical (unpaired) electrons. The Morgan fingerprint density at radius 2 is 1.88 bits per heavy atom. The van der Waals surface area contributed by atoms with E-state index in [1.54, 1.807) is 19.0 Å². The molecule has 1 aliphatic rings. The molecule has 9 heteroatoms. The van der Waals surface area contributed by atoms with Crippen LogP contribution in [0.3, 0.4) is 0 Å². The van der Waals surface area contributed by atoms with Crippen LogP contribution in [0.25, 0.3) is 20.7 Å². The van der Waals surface area contributed by atoms with Gasteiger partial charge >= 0.3 is 0 Å². The minimum absolute atomic E-state index is 0.0506. The summed E-state index contributed by atoms with van der Waals surface area (Å²) in [4.78, 5) is 33.8. The molecule has 3 heterocycles. The van der Waals surface area contributed by atoms with E-state index in [0.717, 1.165) is 21.8 Å². The van der Waals surface area contributed by atoms with Crippen molar-refractivity contribution in [1.82, 2.24) is 14.5 Å². The Morgan fingerprint density at radius 1 is 1.12 bits per heavy atom. The number of fused-ring (bicyclic) bond motifs is 2. The molecule has 174 valence electrons. The number of ether oxygens (including phenoxy) is 2. The molecule has 0 spiro atoms. The van der Waals surface area contributed by atoms with E-state index in [9.17, 15) is 9.59 Å². The zero-order valence-corrected chi connectivity index (χ0v) is 20.4. The first kappa shape index (κ1) is 22.5. The molecule has 0 saturated carbocycles. The van der Waals surface area contributed by atoms with Crippen LogP contribution in [-0.4, -0.2) is 46.4 Å². The normalized spacial score (nSPS) is 12.6. The number of benzene rings is 2. The molecule has 7 nitrogen and oxygen atoms in total. The average molecular weight is 494 g/mol. The maximum Gasteiger partial charge on any atom is 0.262 e. The number of nitrogens with zero attached hydrogens (tertiary/aromatic N) is 3. The second-order valence-corrected chi connectivity index (χ2v) is 9.94. The van der Waals surface area contributed by atoms with Crippen LogP contribution in [0.4, 0.5) is 0 Å². The van der Waals surface area contributed by atoms with Gasteiger partial charge in [-0.25, -0.2) is 4.98 Å². The van der Waals surface area contributed by atoms with E-state index in [0.29, 0.717) is 40.9 Å². The molecule has 5 rings (SSSR count). The van der Waals surface area contributed by atoms with Crippen molar-refractivity contribution in [3.05, 3.63) is 70.5 Å². The fraction of sp³-hybridized carbons (Fsp3) is 0.240. The first-order valence-electron chi connectivity index (χ1n) is 10.8. The Kier molecular flexibility index (Phi) is 6.30. The van der Waals surface area contributed by atoms with Gasteiger partial charge in [0.1, 0.15) is 18.0 Å². The fourth-order valence-corrected chi connectivity index (χ4v) is 5.70. The Balaban J connectivity index is 1.29. The lowest BCUT2D eigenvalue weighted by molar-refractivity contribution is -0.127. The van der Waals surface area contributed by atoms with Crippen LogP contribution in [0.2, 0.25) is 0 Å². The van der Waals surface area contributed by atoms with Crippen molar-refractivity contribution < 1.29 is 14.3 Å². The monoisotopic (exact) mass is 493 g/mol. The van der Waals surface area contributed by atoms with E-state index >= 15 is 0 Å². The molecule has 2 aromatic heterocycles. The summed E-state index contributed by atoms with van der Waals surface area (Å²) in [5.74, 6) is 1.57. The fourth-order valence-electron chi connectivity index (χ4n) is 3.71. The lowest BCUT2D eigenvalue weighted by Gasteiger charge is -2.21. The molecule has 0 bridgehead atoms. The summed E-state index contributed by atoms with van der Waals surface area (Å²) in [6.45, 7) is 1.52. The Bertz CT molecular complexity index is 1420. The predicted molar refractivity (Wildman–Crippen MR) is 135 cm³/mol. The van der Waals surface area contributed by atoms with Gasteiger partial charge in [0, 0.05) is 25.5 Å². The summed E-state index contributed by atoms with van der Waals surface area (Å²) < 4.78 is 12.7. The van der Waals surface area contributed by atoms with Gasteiger partial charge in [-0.1, -0.05) is 48.2 Å². The van der Waals surface area contributed by atoms with E-state index in [1.807, 2.05) is 54.6 Å². The Hall–Kier alpha value is -3.30. The number of aromatic nitrogens is 2. The van der Waals surface area contributed by atoms with Gasteiger partial charge in [-0.05, 0) is 29.3 Å². The average Bonchev–Trinajstić information content (AvgIpc) is 3.30. The molecule has 34 heavy (non-hydrogen) atoms. The predicted octanol–water partition coefficient (Wildman–Crippen LogP) is 4.18. The third-order valence-corrected chi connectivity index (χ3v) is 7.66. The summed E-state index contributed by atoms with van der Waals surface area (Å²) in [5.41, 5.74) is 1.91. The largest absolute Gasteiger partial charge is 0.486 e. The molecule has 2 aromatic carbocycles. The molecule has 0 unspecified atom stereocenters. The van der Waals surface area contributed by atoms with Crippen molar-refractivity contribution in [3.8, 4) is 21.9 Å². The van der Waals surface area contributed by atoms with Crippen LogP contribution in [0, 0.1) is 0 Å². The number of hydrogen-bond donors (Lipinski definition) is 0. The Labute approximate surface area is 204 Å². The number of hydrogen-bond acceptors (Lipinski definition) is 7. The van der Waals surface area contributed by atoms with Crippen molar-refractivity contribution in [2.75, 3.05) is 26.0 Å². The van der Waals surface area contributed by atoms with E-state index in [-0.39, 0.29) is 17.2 Å². The molecule has 4 aromatic rings. The number of carbonyl (C=O) groups is 1. The standard InChI is InChI=1S/C25H23N3O4S2/c1-27(14-16-8-9-19-20(12-16)32-11-10-31-19)22(29)15-33-25-26-23-18(24(30)28(25)2)13-21(34-23)17-6-4-3-5-7-17/h3-9,12-13H,10-11,14-15H2,1-2H3. The third kappa shape index (κ3) is 4.53. The number of amides is 1. The molecule has 1 aliphatic heterocycles. The molecular formula is C25H23N3O4S2. The molecule has 0 N–H and O–H groups in total. The van der Waals surface area contributed by atoms with E-state index in [1.165, 1.54) is 27.7 Å². The van der Waals surface area contributed by atoms with Crippen LogP contribution in [-0.2, 0) is 18.4 Å². The quantitative estimate of drug-likeness (QED) is 0.296. The number of carbonyl (C=O) groups excluding carboxylic acids is 1. The molecule has 0 atom stereocenters. The van der Waals surface area contributed by atoms with Crippen LogP contribution in [0.1, 0.15) is 5.56 Å². The van der Waals surface area contributed by atoms with Gasteiger partial charge in [-0.15, -0.1) is 11.3 Å². The molecule has 0 aliphatic carbocycles. The van der Waals surface area contributed by atoms with Crippen LogP contribution < -0.4 is 15.0 Å². The van der Waals surface area contributed by atoms with Gasteiger partial charge in [0.25, 0.3) is 5.56 Å². The first-order valence-corrected chi connectivity index (χ1v) is 12.6. The van der Waals surface area contributed by atoms with Gasteiger partial charge in [-0.3, -0.25) is 14.2 Å². The van der Waals surface area contributed by atoms with Crippen molar-refractivity contribution in [2.24, 2.45) is 7.05 Å². The number of thiophene rings is 1. The van der Waals surface area contributed by atoms with Gasteiger partial charge in [0.15, 0.2) is 16.7 Å². The zero-order chi connectivity index (χ0) is 23.7. The van der Waals surface area contributed by atoms with Crippen molar-refractivity contribution in [2.45, 2.75) is 11.7 Å². The van der Waals surface area contributed by atoms with Crippen LogP contribution in [0.5, 0.6) is 11.5 Å². The highest BCUT2D eigenvalue weighted by molar-refractivity contribution is 7.99. The van der Waals surface area contributed by atoms with Crippen molar-refractivity contribution in [1.29, 1.82) is 0 Å². The number of thioether (sulfide) groups is 1. The minimum atomic E-state index is -0.108. The molecule has 1 amide bonds. The summed E-state index contributed by atoms with van der Waals surface area (Å²) in [7, 11) is 3.46. The Morgan fingerprint density at radius 3 is 2.68 bits per heavy atom. The zero-order valence-electron chi connectivity index (χ0n) is 18.8. The molecular weight excluding hydrogens is 470 g/mol. The second-order valence-electron chi connectivity index (χ2n) is 7.97. The summed E-state index contributed by atoms with van der Waals surface area (Å²) in [5, 5.41) is 1.12. The maximum absolute atomic E-state index is 12.9. The van der Waals surface area contributed by atoms with Crippen molar-refractivity contribution in [3.63, 3.8) is 0 Å². The first-order chi connectivity index (χ1) is 16.5. The van der Waals surface area contributed by atoms with Gasteiger partial charge < -0.3 is 14.4 Å².